The van der Waals surface area contributed by atoms with Gasteiger partial charge in [-0.1, -0.05) is 286 Å². The SMILES string of the molecule is CCCCCCCCCCCCCCCCCCCC(=O)O[C@H](COC(=O)CCCCCCCCCCCCC(C)CC)COP(=O)(O)OC[C@@H](O)COP(=O)(O)OC[C@@H](COC(=O)CCCCCCC)OC(=O)CCCCCCCCC(C)CC. The molecule has 510 valence electrons. The van der Waals surface area contributed by atoms with Gasteiger partial charge in [0.1, 0.15) is 19.3 Å². The van der Waals surface area contributed by atoms with Crippen molar-refractivity contribution in [3.8, 4) is 0 Å². The molecule has 19 heteroatoms. The molecule has 0 amide bonds. The van der Waals surface area contributed by atoms with Crippen LogP contribution in [0.4, 0.5) is 0 Å². The number of hydrogen-bond acceptors (Lipinski definition) is 15. The first-order valence-corrected chi connectivity index (χ1v) is 38.1. The molecule has 0 aromatic rings. The Balaban J connectivity index is 5.17. The van der Waals surface area contributed by atoms with Gasteiger partial charge in [0.15, 0.2) is 12.2 Å². The van der Waals surface area contributed by atoms with Crippen molar-refractivity contribution in [1.29, 1.82) is 0 Å². The van der Waals surface area contributed by atoms with Crippen LogP contribution in [0.1, 0.15) is 337 Å². The molecule has 0 bridgehead atoms. The fourth-order valence-electron chi connectivity index (χ4n) is 10.00. The average molecular weight is 1270 g/mol. The number of esters is 4. The second-order valence-electron chi connectivity index (χ2n) is 24.7. The smallest absolute Gasteiger partial charge is 0.462 e. The summed E-state index contributed by atoms with van der Waals surface area (Å²) in [5, 5.41) is 10.5. The Labute approximate surface area is 524 Å². The largest absolute Gasteiger partial charge is 0.472 e. The molecular formula is C67H130O17P2. The second-order valence-corrected chi connectivity index (χ2v) is 27.6. The standard InChI is InChI=1S/C67H130O17P2/c1-7-11-13-15-16-17-18-19-20-21-22-23-24-29-32-39-45-51-66(71)83-63(56-78-65(70)50-44-38-31-28-26-25-27-30-36-41-47-59(5)9-3)58-82-86(75,76)80-54-61(68)53-79-85(73,74)81-57-62(55-77-64(69)49-43-35-14-12-8-2)84-67(72)52-46-40-34-33-37-42-48-60(6)10-4/h59-63,68H,7-58H2,1-6H3,(H,73,74)(H,75,76)/t59?,60?,61-,62+,63+/m0/s1. The van der Waals surface area contributed by atoms with Gasteiger partial charge < -0.3 is 33.8 Å². The zero-order valence-electron chi connectivity index (χ0n) is 55.6. The van der Waals surface area contributed by atoms with Crippen molar-refractivity contribution >= 4 is 39.5 Å². The topological polar surface area (TPSA) is 237 Å². The number of phosphoric acid groups is 2. The summed E-state index contributed by atoms with van der Waals surface area (Å²) in [6, 6.07) is 0. The summed E-state index contributed by atoms with van der Waals surface area (Å²) in [5.74, 6) is -0.612. The van der Waals surface area contributed by atoms with E-state index in [9.17, 15) is 43.2 Å². The van der Waals surface area contributed by atoms with Crippen LogP contribution in [0.2, 0.25) is 0 Å². The molecule has 0 saturated carbocycles. The fourth-order valence-corrected chi connectivity index (χ4v) is 11.6. The summed E-state index contributed by atoms with van der Waals surface area (Å²) in [6.07, 6.45) is 43.4. The lowest BCUT2D eigenvalue weighted by molar-refractivity contribution is -0.161. The molecule has 17 nitrogen and oxygen atoms in total. The van der Waals surface area contributed by atoms with E-state index < -0.39 is 97.5 Å². The third kappa shape index (κ3) is 58.4. The van der Waals surface area contributed by atoms with E-state index in [-0.39, 0.29) is 25.7 Å². The molecule has 0 aliphatic rings. The van der Waals surface area contributed by atoms with Crippen LogP contribution in [-0.4, -0.2) is 96.7 Å². The summed E-state index contributed by atoms with van der Waals surface area (Å²) in [5.41, 5.74) is 0. The quantitative estimate of drug-likeness (QED) is 0.0222. The number of phosphoric ester groups is 2. The van der Waals surface area contributed by atoms with Gasteiger partial charge in [0, 0.05) is 25.7 Å². The van der Waals surface area contributed by atoms with Gasteiger partial charge in [-0.15, -0.1) is 0 Å². The van der Waals surface area contributed by atoms with Gasteiger partial charge in [0.25, 0.3) is 0 Å². The molecule has 4 unspecified atom stereocenters. The lowest BCUT2D eigenvalue weighted by Gasteiger charge is -2.21. The van der Waals surface area contributed by atoms with E-state index in [0.717, 1.165) is 108 Å². The highest BCUT2D eigenvalue weighted by Gasteiger charge is 2.30. The number of rotatable bonds is 66. The normalized spacial score (nSPS) is 14.8. The van der Waals surface area contributed by atoms with Gasteiger partial charge >= 0.3 is 39.5 Å². The Morgan fingerprint density at radius 3 is 0.826 bits per heavy atom. The molecule has 0 aliphatic carbocycles. The molecule has 86 heavy (non-hydrogen) atoms. The maximum atomic E-state index is 13.0. The minimum Gasteiger partial charge on any atom is -0.462 e. The van der Waals surface area contributed by atoms with Crippen molar-refractivity contribution in [1.82, 2.24) is 0 Å². The van der Waals surface area contributed by atoms with Crippen LogP contribution >= 0.6 is 15.6 Å². The molecule has 0 fully saturated rings. The molecular weight excluding hydrogens is 1140 g/mol. The predicted octanol–water partition coefficient (Wildman–Crippen LogP) is 18.8. The Morgan fingerprint density at radius 1 is 0.326 bits per heavy atom. The molecule has 0 spiro atoms. The summed E-state index contributed by atoms with van der Waals surface area (Å²) in [6.45, 7) is 9.41. The molecule has 0 heterocycles. The van der Waals surface area contributed by atoms with E-state index in [0.29, 0.717) is 25.7 Å². The Morgan fingerprint density at radius 2 is 0.558 bits per heavy atom. The van der Waals surface area contributed by atoms with E-state index in [2.05, 4.69) is 41.5 Å². The first kappa shape index (κ1) is 84.1. The minimum atomic E-state index is -4.95. The third-order valence-corrected chi connectivity index (χ3v) is 18.1. The van der Waals surface area contributed by atoms with Crippen LogP contribution in [0.3, 0.4) is 0 Å². The van der Waals surface area contributed by atoms with Crippen molar-refractivity contribution in [3.63, 3.8) is 0 Å². The number of carbonyl (C=O) groups is 4. The highest BCUT2D eigenvalue weighted by Crippen LogP contribution is 2.45. The molecule has 0 aromatic carbocycles. The Bertz CT molecular complexity index is 1690. The van der Waals surface area contributed by atoms with E-state index >= 15 is 0 Å². The molecule has 0 saturated heterocycles. The molecule has 7 atom stereocenters. The van der Waals surface area contributed by atoms with Gasteiger partial charge in [-0.25, -0.2) is 9.13 Å². The van der Waals surface area contributed by atoms with Crippen molar-refractivity contribution in [2.24, 2.45) is 11.8 Å². The highest BCUT2D eigenvalue weighted by molar-refractivity contribution is 7.47. The van der Waals surface area contributed by atoms with Crippen LogP contribution in [0, 0.1) is 11.8 Å². The molecule has 0 aliphatic heterocycles. The summed E-state index contributed by atoms with van der Waals surface area (Å²) >= 11 is 0. The number of hydrogen-bond donors (Lipinski definition) is 3. The monoisotopic (exact) mass is 1270 g/mol. The zero-order chi connectivity index (χ0) is 63.6. The van der Waals surface area contributed by atoms with Gasteiger partial charge in [-0.2, -0.15) is 0 Å². The maximum Gasteiger partial charge on any atom is 0.472 e. The Hall–Kier alpha value is -1.94. The fraction of sp³-hybridized carbons (Fsp3) is 0.940. The van der Waals surface area contributed by atoms with Crippen molar-refractivity contribution in [3.05, 3.63) is 0 Å². The summed E-state index contributed by atoms with van der Waals surface area (Å²) < 4.78 is 67.9. The number of aliphatic hydroxyl groups excluding tert-OH is 1. The van der Waals surface area contributed by atoms with Crippen LogP contribution in [0.15, 0.2) is 0 Å². The van der Waals surface area contributed by atoms with Gasteiger partial charge in [-0.05, 0) is 37.5 Å². The van der Waals surface area contributed by atoms with Crippen LogP contribution in [0.25, 0.3) is 0 Å². The van der Waals surface area contributed by atoms with Crippen molar-refractivity contribution < 1.29 is 80.2 Å². The van der Waals surface area contributed by atoms with E-state index in [1.54, 1.807) is 0 Å². The highest BCUT2D eigenvalue weighted by atomic mass is 31.2. The number of aliphatic hydroxyl groups is 1. The average Bonchev–Trinajstić information content (AvgIpc) is 3.71. The number of ether oxygens (including phenoxy) is 4. The third-order valence-electron chi connectivity index (χ3n) is 16.2. The van der Waals surface area contributed by atoms with E-state index in [4.69, 9.17) is 37.0 Å². The van der Waals surface area contributed by atoms with Crippen LogP contribution < -0.4 is 0 Å². The van der Waals surface area contributed by atoms with Crippen LogP contribution in [-0.2, 0) is 65.4 Å². The second kappa shape index (κ2) is 59.4. The van der Waals surface area contributed by atoms with Crippen LogP contribution in [0.5, 0.6) is 0 Å². The van der Waals surface area contributed by atoms with E-state index in [1.165, 1.54) is 148 Å². The first-order chi connectivity index (χ1) is 41.4. The van der Waals surface area contributed by atoms with Crippen molar-refractivity contribution in [2.45, 2.75) is 355 Å². The lowest BCUT2D eigenvalue weighted by atomic mass is 9.99. The predicted molar refractivity (Wildman–Crippen MR) is 345 cm³/mol. The Kier molecular flexibility index (Phi) is 58.0. The summed E-state index contributed by atoms with van der Waals surface area (Å²) in [4.78, 5) is 72.1. The van der Waals surface area contributed by atoms with Gasteiger partial charge in [0.2, 0.25) is 0 Å². The number of unbranched alkanes of at least 4 members (excludes halogenated alkanes) is 34. The molecule has 0 rings (SSSR count). The van der Waals surface area contributed by atoms with E-state index in [1.807, 2.05) is 0 Å². The van der Waals surface area contributed by atoms with Gasteiger partial charge in [0.05, 0.1) is 26.4 Å². The molecule has 0 radical (unpaired) electrons. The minimum absolute atomic E-state index is 0.102. The number of carbonyl (C=O) groups excluding carboxylic acids is 4. The lowest BCUT2D eigenvalue weighted by Crippen LogP contribution is -2.30. The zero-order valence-corrected chi connectivity index (χ0v) is 57.4. The molecule has 3 N–H and O–H groups in total. The van der Waals surface area contributed by atoms with Gasteiger partial charge in [-0.3, -0.25) is 37.3 Å². The first-order valence-electron chi connectivity index (χ1n) is 35.1. The summed E-state index contributed by atoms with van der Waals surface area (Å²) in [7, 11) is -9.89. The molecule has 0 aromatic heterocycles. The van der Waals surface area contributed by atoms with Crippen molar-refractivity contribution in [2.75, 3.05) is 39.6 Å². The maximum absolute atomic E-state index is 13.0.